The summed E-state index contributed by atoms with van der Waals surface area (Å²) in [6.07, 6.45) is 0. The number of hydrogen-bond acceptors (Lipinski definition) is 1. The molecule has 25 heavy (non-hydrogen) atoms. The number of amides is 1. The topological polar surface area (TPSA) is 20.3 Å². The van der Waals surface area contributed by atoms with E-state index in [1.165, 1.54) is 0 Å². The molecule has 0 fully saturated rings. The van der Waals surface area contributed by atoms with Crippen molar-refractivity contribution in [2.45, 2.75) is 12.6 Å². The molecule has 0 saturated carbocycles. The van der Waals surface area contributed by atoms with E-state index in [2.05, 4.69) is 0 Å². The highest BCUT2D eigenvalue weighted by Crippen LogP contribution is 2.39. The highest BCUT2D eigenvalue weighted by Gasteiger charge is 2.37. The molecule has 1 amide bonds. The lowest BCUT2D eigenvalue weighted by atomic mass is 9.98. The van der Waals surface area contributed by atoms with Crippen LogP contribution < -0.4 is 0 Å². The first-order chi connectivity index (χ1) is 12.1. The van der Waals surface area contributed by atoms with Gasteiger partial charge in [-0.15, -0.1) is 0 Å². The van der Waals surface area contributed by atoms with Crippen molar-refractivity contribution in [3.8, 4) is 0 Å². The summed E-state index contributed by atoms with van der Waals surface area (Å²) in [6, 6.07) is 23.0. The summed E-state index contributed by atoms with van der Waals surface area (Å²) in [5.41, 5.74) is 3.89. The average Bonchev–Trinajstić information content (AvgIpc) is 2.90. The summed E-state index contributed by atoms with van der Waals surface area (Å²) < 4.78 is 0. The van der Waals surface area contributed by atoms with Crippen molar-refractivity contribution in [1.82, 2.24) is 4.90 Å². The van der Waals surface area contributed by atoms with Crippen LogP contribution in [0.2, 0.25) is 10.0 Å². The Kier molecular flexibility index (Phi) is 4.24. The SMILES string of the molecule is O=C1c2ccccc2C(c2ccc(Cl)cc2)N1Cc1ccc(Cl)cc1. The van der Waals surface area contributed by atoms with Crippen molar-refractivity contribution in [3.63, 3.8) is 0 Å². The van der Waals surface area contributed by atoms with Gasteiger partial charge in [-0.3, -0.25) is 4.79 Å². The molecule has 1 unspecified atom stereocenters. The Morgan fingerprint density at radius 3 is 2.08 bits per heavy atom. The first-order valence-electron chi connectivity index (χ1n) is 8.03. The van der Waals surface area contributed by atoms with E-state index in [1.54, 1.807) is 0 Å². The van der Waals surface area contributed by atoms with Crippen molar-refractivity contribution < 1.29 is 4.79 Å². The van der Waals surface area contributed by atoms with E-state index >= 15 is 0 Å². The van der Waals surface area contributed by atoms with Gasteiger partial charge in [-0.25, -0.2) is 0 Å². The van der Waals surface area contributed by atoms with Crippen LogP contribution in [0.25, 0.3) is 0 Å². The number of halogens is 2. The minimum absolute atomic E-state index is 0.0468. The second-order valence-corrected chi connectivity index (χ2v) is 6.97. The molecule has 1 aliphatic heterocycles. The van der Waals surface area contributed by atoms with Gasteiger partial charge in [0, 0.05) is 22.2 Å². The Hall–Kier alpha value is -2.29. The van der Waals surface area contributed by atoms with Crippen molar-refractivity contribution in [2.75, 3.05) is 0 Å². The van der Waals surface area contributed by atoms with Gasteiger partial charge in [-0.1, -0.05) is 65.7 Å². The quantitative estimate of drug-likeness (QED) is 0.577. The molecule has 0 saturated heterocycles. The lowest BCUT2D eigenvalue weighted by Crippen LogP contribution is -2.28. The third-order valence-electron chi connectivity index (χ3n) is 4.51. The molecule has 0 aliphatic carbocycles. The summed E-state index contributed by atoms with van der Waals surface area (Å²) >= 11 is 12.0. The first-order valence-corrected chi connectivity index (χ1v) is 8.79. The van der Waals surface area contributed by atoms with E-state index in [0.29, 0.717) is 16.6 Å². The van der Waals surface area contributed by atoms with Gasteiger partial charge in [0.25, 0.3) is 5.91 Å². The highest BCUT2D eigenvalue weighted by molar-refractivity contribution is 6.30. The van der Waals surface area contributed by atoms with Crippen molar-refractivity contribution in [3.05, 3.63) is 105 Å². The molecule has 0 radical (unpaired) electrons. The van der Waals surface area contributed by atoms with Gasteiger partial charge in [-0.2, -0.15) is 0 Å². The Labute approximate surface area is 156 Å². The molecular weight excluding hydrogens is 353 g/mol. The number of carbonyl (C=O) groups is 1. The minimum atomic E-state index is -0.114. The number of fused-ring (bicyclic) bond motifs is 1. The van der Waals surface area contributed by atoms with E-state index in [0.717, 1.165) is 22.3 Å². The van der Waals surface area contributed by atoms with Crippen LogP contribution in [-0.4, -0.2) is 10.8 Å². The predicted octanol–water partition coefficient (Wildman–Crippen LogP) is 5.74. The van der Waals surface area contributed by atoms with Crippen LogP contribution in [0, 0.1) is 0 Å². The number of rotatable bonds is 3. The minimum Gasteiger partial charge on any atom is -0.323 e. The van der Waals surface area contributed by atoms with Gasteiger partial charge in [0.05, 0.1) is 6.04 Å². The van der Waals surface area contributed by atoms with Gasteiger partial charge in [-0.05, 0) is 47.0 Å². The molecule has 3 aromatic rings. The number of benzene rings is 3. The van der Waals surface area contributed by atoms with Crippen LogP contribution in [0.15, 0.2) is 72.8 Å². The smallest absolute Gasteiger partial charge is 0.255 e. The van der Waals surface area contributed by atoms with Crippen molar-refractivity contribution in [1.29, 1.82) is 0 Å². The van der Waals surface area contributed by atoms with E-state index in [-0.39, 0.29) is 11.9 Å². The molecule has 0 N–H and O–H groups in total. The van der Waals surface area contributed by atoms with Crippen LogP contribution in [0.1, 0.15) is 33.1 Å². The monoisotopic (exact) mass is 367 g/mol. The van der Waals surface area contributed by atoms with Crippen LogP contribution >= 0.6 is 23.2 Å². The van der Waals surface area contributed by atoms with Gasteiger partial charge in [0.1, 0.15) is 0 Å². The maximum absolute atomic E-state index is 13.0. The number of nitrogens with zero attached hydrogens (tertiary/aromatic N) is 1. The lowest BCUT2D eigenvalue weighted by Gasteiger charge is -2.26. The standard InChI is InChI=1S/C21H15Cl2NO/c22-16-9-5-14(6-10-16)13-24-20(15-7-11-17(23)12-8-15)18-3-1-2-4-19(18)21(24)25/h1-12,20H,13H2. The average molecular weight is 368 g/mol. The highest BCUT2D eigenvalue weighted by atomic mass is 35.5. The zero-order chi connectivity index (χ0) is 17.4. The molecule has 124 valence electrons. The third kappa shape index (κ3) is 3.04. The van der Waals surface area contributed by atoms with E-state index in [9.17, 15) is 4.79 Å². The van der Waals surface area contributed by atoms with Crippen molar-refractivity contribution in [2.24, 2.45) is 0 Å². The largest absolute Gasteiger partial charge is 0.323 e. The Morgan fingerprint density at radius 2 is 1.40 bits per heavy atom. The lowest BCUT2D eigenvalue weighted by molar-refractivity contribution is 0.0736. The zero-order valence-electron chi connectivity index (χ0n) is 13.3. The van der Waals surface area contributed by atoms with Crippen LogP contribution in [-0.2, 0) is 6.54 Å². The molecule has 0 spiro atoms. The van der Waals surface area contributed by atoms with Crippen LogP contribution in [0.5, 0.6) is 0 Å². The van der Waals surface area contributed by atoms with Gasteiger partial charge >= 0.3 is 0 Å². The Balaban J connectivity index is 1.76. The fourth-order valence-corrected chi connectivity index (χ4v) is 3.58. The maximum Gasteiger partial charge on any atom is 0.255 e. The molecule has 0 bridgehead atoms. The first kappa shape index (κ1) is 16.2. The Bertz CT molecular complexity index is 919. The van der Waals surface area contributed by atoms with Gasteiger partial charge in [0.2, 0.25) is 0 Å². The second kappa shape index (κ2) is 6.55. The maximum atomic E-state index is 13.0. The fraction of sp³-hybridized carbons (Fsp3) is 0.0952. The number of hydrogen-bond donors (Lipinski definition) is 0. The fourth-order valence-electron chi connectivity index (χ4n) is 3.32. The molecule has 2 nitrogen and oxygen atoms in total. The molecule has 0 aromatic heterocycles. The van der Waals surface area contributed by atoms with Crippen LogP contribution in [0.3, 0.4) is 0 Å². The molecule has 3 aromatic carbocycles. The normalized spacial score (nSPS) is 16.2. The summed E-state index contributed by atoms with van der Waals surface area (Å²) in [7, 11) is 0. The van der Waals surface area contributed by atoms with E-state index in [1.807, 2.05) is 77.7 Å². The Morgan fingerprint density at radius 1 is 0.800 bits per heavy atom. The van der Waals surface area contributed by atoms with E-state index in [4.69, 9.17) is 23.2 Å². The zero-order valence-corrected chi connectivity index (χ0v) is 14.8. The third-order valence-corrected chi connectivity index (χ3v) is 5.01. The molecular formula is C21H15Cl2NO. The summed E-state index contributed by atoms with van der Waals surface area (Å²) in [5.74, 6) is 0.0468. The van der Waals surface area contributed by atoms with Crippen LogP contribution in [0.4, 0.5) is 0 Å². The molecule has 1 aliphatic rings. The summed E-state index contributed by atoms with van der Waals surface area (Å²) in [6.45, 7) is 0.526. The van der Waals surface area contributed by atoms with Gasteiger partial charge < -0.3 is 4.90 Å². The summed E-state index contributed by atoms with van der Waals surface area (Å²) in [4.78, 5) is 14.9. The second-order valence-electron chi connectivity index (χ2n) is 6.10. The van der Waals surface area contributed by atoms with Crippen molar-refractivity contribution >= 4 is 29.1 Å². The molecule has 4 rings (SSSR count). The molecule has 1 heterocycles. The summed E-state index contributed by atoms with van der Waals surface area (Å²) in [5, 5.41) is 1.37. The predicted molar refractivity (Wildman–Crippen MR) is 101 cm³/mol. The molecule has 4 heteroatoms. The van der Waals surface area contributed by atoms with Gasteiger partial charge in [0.15, 0.2) is 0 Å². The number of carbonyl (C=O) groups excluding carboxylic acids is 1. The van der Waals surface area contributed by atoms with E-state index < -0.39 is 0 Å². The molecule has 1 atom stereocenters.